The van der Waals surface area contributed by atoms with Crippen molar-refractivity contribution in [2.75, 3.05) is 0 Å². The average Bonchev–Trinajstić information content (AvgIpc) is 2.25. The molecular weight excluding hydrogens is 234 g/mol. The van der Waals surface area contributed by atoms with Gasteiger partial charge in [0, 0.05) is 11.6 Å². The molecule has 2 N–H and O–H groups in total. The van der Waals surface area contributed by atoms with Crippen molar-refractivity contribution in [3.05, 3.63) is 35.1 Å². The maximum Gasteiger partial charge on any atom is 0.419 e. The van der Waals surface area contributed by atoms with Crippen molar-refractivity contribution in [3.63, 3.8) is 0 Å². The first-order valence-electron chi connectivity index (χ1n) is 5.40. The number of rotatable bonds is 3. The maximum absolute atomic E-state index is 13.7. The summed E-state index contributed by atoms with van der Waals surface area (Å²) in [6, 6.07) is 2.50. The summed E-state index contributed by atoms with van der Waals surface area (Å²) in [5.41, 5.74) is 4.42. The van der Waals surface area contributed by atoms with E-state index < -0.39 is 23.6 Å². The number of halogens is 4. The summed E-state index contributed by atoms with van der Waals surface area (Å²) in [5, 5.41) is 0. The molecule has 1 nitrogen and oxygen atoms in total. The molecule has 0 amide bonds. The minimum atomic E-state index is -4.69. The lowest BCUT2D eigenvalue weighted by Gasteiger charge is -2.20. The predicted octanol–water partition coefficient (Wildman–Crippen LogP) is 3.89. The lowest BCUT2D eigenvalue weighted by Crippen LogP contribution is -2.21. The minimum Gasteiger partial charge on any atom is -0.324 e. The number of hydrogen-bond donors (Lipinski definition) is 1. The van der Waals surface area contributed by atoms with Crippen LogP contribution in [0.5, 0.6) is 0 Å². The molecule has 0 aliphatic rings. The van der Waals surface area contributed by atoms with Gasteiger partial charge < -0.3 is 5.73 Å². The monoisotopic (exact) mass is 249 g/mol. The van der Waals surface area contributed by atoms with Gasteiger partial charge in [0.25, 0.3) is 0 Å². The zero-order chi connectivity index (χ0) is 13.2. The molecule has 5 heteroatoms. The van der Waals surface area contributed by atoms with Crippen molar-refractivity contribution in [1.82, 2.24) is 0 Å². The second-order valence-electron chi connectivity index (χ2n) is 4.12. The van der Waals surface area contributed by atoms with Crippen molar-refractivity contribution in [1.29, 1.82) is 0 Å². The highest BCUT2D eigenvalue weighted by molar-refractivity contribution is 5.30. The molecule has 0 saturated carbocycles. The second kappa shape index (κ2) is 5.04. The van der Waals surface area contributed by atoms with E-state index in [0.717, 1.165) is 6.07 Å². The Bertz CT molecular complexity index is 387. The van der Waals surface area contributed by atoms with Crippen LogP contribution < -0.4 is 5.73 Å². The molecule has 0 bridgehead atoms. The smallest absolute Gasteiger partial charge is 0.324 e. The molecule has 17 heavy (non-hydrogen) atoms. The molecule has 0 fully saturated rings. The Labute approximate surface area is 97.6 Å². The average molecular weight is 249 g/mol. The molecule has 0 aromatic heterocycles. The number of alkyl halides is 3. The van der Waals surface area contributed by atoms with Crippen LogP contribution in [0.3, 0.4) is 0 Å². The molecule has 1 unspecified atom stereocenters. The summed E-state index contributed by atoms with van der Waals surface area (Å²) in [5.74, 6) is -1.33. The van der Waals surface area contributed by atoms with Crippen LogP contribution in [0.4, 0.5) is 17.6 Å². The highest BCUT2D eigenvalue weighted by atomic mass is 19.4. The second-order valence-corrected chi connectivity index (χ2v) is 4.12. The normalized spacial score (nSPS) is 15.7. The van der Waals surface area contributed by atoms with Crippen LogP contribution in [-0.2, 0) is 6.18 Å². The highest BCUT2D eigenvalue weighted by Crippen LogP contribution is 2.34. The van der Waals surface area contributed by atoms with Crippen LogP contribution in [0, 0.1) is 11.7 Å². The van der Waals surface area contributed by atoms with E-state index in [9.17, 15) is 17.6 Å². The summed E-state index contributed by atoms with van der Waals surface area (Å²) in [6.07, 6.45) is -4.01. The fourth-order valence-corrected chi connectivity index (χ4v) is 1.59. The topological polar surface area (TPSA) is 26.0 Å². The standard InChI is InChI=1S/C12H15F4N/c1-3-7(2)11(17)8-5-4-6-9(10(8)13)12(14,15)16/h4-7,11H,3,17H2,1-2H3/t7?,11-/m1/s1. The SMILES string of the molecule is CCC(C)[C@@H](N)c1cccc(C(F)(F)F)c1F. The van der Waals surface area contributed by atoms with Crippen LogP contribution in [0.25, 0.3) is 0 Å². The van der Waals surface area contributed by atoms with Gasteiger partial charge in [0.2, 0.25) is 0 Å². The van der Waals surface area contributed by atoms with E-state index in [2.05, 4.69) is 0 Å². The van der Waals surface area contributed by atoms with E-state index >= 15 is 0 Å². The molecule has 2 atom stereocenters. The van der Waals surface area contributed by atoms with Crippen LogP contribution in [0.15, 0.2) is 18.2 Å². The van der Waals surface area contributed by atoms with Gasteiger partial charge in [0.05, 0.1) is 5.56 Å². The van der Waals surface area contributed by atoms with Crippen molar-refractivity contribution < 1.29 is 17.6 Å². The Morgan fingerprint density at radius 2 is 1.88 bits per heavy atom. The fraction of sp³-hybridized carbons (Fsp3) is 0.500. The van der Waals surface area contributed by atoms with E-state index in [-0.39, 0.29) is 11.5 Å². The van der Waals surface area contributed by atoms with Gasteiger partial charge in [-0.05, 0) is 12.0 Å². The Morgan fingerprint density at radius 3 is 2.35 bits per heavy atom. The Morgan fingerprint density at radius 1 is 1.29 bits per heavy atom. The number of nitrogens with two attached hydrogens (primary N) is 1. The van der Waals surface area contributed by atoms with Crippen LogP contribution in [0.1, 0.15) is 37.4 Å². The van der Waals surface area contributed by atoms with Gasteiger partial charge in [0.15, 0.2) is 0 Å². The summed E-state index contributed by atoms with van der Waals surface area (Å²) >= 11 is 0. The summed E-state index contributed by atoms with van der Waals surface area (Å²) in [7, 11) is 0. The van der Waals surface area contributed by atoms with Gasteiger partial charge in [0.1, 0.15) is 5.82 Å². The van der Waals surface area contributed by atoms with Crippen molar-refractivity contribution in [3.8, 4) is 0 Å². The molecule has 0 radical (unpaired) electrons. The van der Waals surface area contributed by atoms with Crippen molar-refractivity contribution >= 4 is 0 Å². The van der Waals surface area contributed by atoms with E-state index in [0.29, 0.717) is 6.42 Å². The number of hydrogen-bond acceptors (Lipinski definition) is 1. The maximum atomic E-state index is 13.7. The largest absolute Gasteiger partial charge is 0.419 e. The van der Waals surface area contributed by atoms with Gasteiger partial charge in [-0.1, -0.05) is 32.4 Å². The molecule has 1 aromatic rings. The highest BCUT2D eigenvalue weighted by Gasteiger charge is 2.35. The Balaban J connectivity index is 3.19. The fourth-order valence-electron chi connectivity index (χ4n) is 1.59. The third-order valence-electron chi connectivity index (χ3n) is 2.95. The van der Waals surface area contributed by atoms with Crippen molar-refractivity contribution in [2.45, 2.75) is 32.5 Å². The third-order valence-corrected chi connectivity index (χ3v) is 2.95. The van der Waals surface area contributed by atoms with Crippen LogP contribution in [0.2, 0.25) is 0 Å². The summed E-state index contributed by atoms with van der Waals surface area (Å²) < 4.78 is 51.2. The molecule has 96 valence electrons. The lowest BCUT2D eigenvalue weighted by atomic mass is 9.92. The van der Waals surface area contributed by atoms with Gasteiger partial charge in [-0.25, -0.2) is 4.39 Å². The van der Waals surface area contributed by atoms with E-state index in [1.54, 1.807) is 6.92 Å². The molecular formula is C12H15F4N. The van der Waals surface area contributed by atoms with Gasteiger partial charge >= 0.3 is 6.18 Å². The molecule has 0 aliphatic carbocycles. The Hall–Kier alpha value is -1.10. The van der Waals surface area contributed by atoms with Crippen LogP contribution in [-0.4, -0.2) is 0 Å². The van der Waals surface area contributed by atoms with Gasteiger partial charge in [-0.2, -0.15) is 13.2 Å². The van der Waals surface area contributed by atoms with Crippen molar-refractivity contribution in [2.24, 2.45) is 11.7 Å². The molecule has 1 rings (SSSR count). The first-order valence-corrected chi connectivity index (χ1v) is 5.40. The summed E-state index contributed by atoms with van der Waals surface area (Å²) in [4.78, 5) is 0. The molecule has 1 aromatic carbocycles. The molecule has 0 heterocycles. The minimum absolute atomic E-state index is 0.0748. The van der Waals surface area contributed by atoms with Crippen LogP contribution >= 0.6 is 0 Å². The zero-order valence-corrected chi connectivity index (χ0v) is 9.68. The predicted molar refractivity (Wildman–Crippen MR) is 57.8 cm³/mol. The molecule has 0 spiro atoms. The number of benzene rings is 1. The lowest BCUT2D eigenvalue weighted by molar-refractivity contribution is -0.140. The van der Waals surface area contributed by atoms with E-state index in [1.807, 2.05) is 6.92 Å². The van der Waals surface area contributed by atoms with E-state index in [1.165, 1.54) is 12.1 Å². The van der Waals surface area contributed by atoms with Gasteiger partial charge in [-0.3, -0.25) is 0 Å². The summed E-state index contributed by atoms with van der Waals surface area (Å²) in [6.45, 7) is 3.64. The first-order chi connectivity index (χ1) is 7.79. The van der Waals surface area contributed by atoms with E-state index in [4.69, 9.17) is 5.73 Å². The Kier molecular flexibility index (Phi) is 4.14. The molecule has 0 saturated heterocycles. The van der Waals surface area contributed by atoms with Gasteiger partial charge in [-0.15, -0.1) is 0 Å². The first kappa shape index (κ1) is 14.0. The zero-order valence-electron chi connectivity index (χ0n) is 9.68. The molecule has 0 aliphatic heterocycles. The quantitative estimate of drug-likeness (QED) is 0.808. The third kappa shape index (κ3) is 2.97.